The van der Waals surface area contributed by atoms with Gasteiger partial charge in [0.2, 0.25) is 5.85 Å². The number of fused-ring (bicyclic) bond motifs is 1. The lowest BCUT2D eigenvalue weighted by Gasteiger charge is -2.48. The number of esters is 1. The lowest BCUT2D eigenvalue weighted by atomic mass is 9.87. The number of halogens is 1. The first-order valence-corrected chi connectivity index (χ1v) is 18.0. The second-order valence-corrected chi connectivity index (χ2v) is 13.9. The predicted molar refractivity (Wildman–Crippen MR) is 189 cm³/mol. The molecule has 3 atom stereocenters. The van der Waals surface area contributed by atoms with Gasteiger partial charge in [-0.3, -0.25) is 28.9 Å². The Bertz CT molecular complexity index is 1670. The fraction of sp³-hybridized carbons (Fsp3) is 0.568. The van der Waals surface area contributed by atoms with Crippen LogP contribution in [0, 0.1) is 5.92 Å². The van der Waals surface area contributed by atoms with Crippen LogP contribution in [0.25, 0.3) is 10.9 Å². The molecule has 2 aliphatic heterocycles. The fourth-order valence-electron chi connectivity index (χ4n) is 7.77. The van der Waals surface area contributed by atoms with Crippen molar-refractivity contribution in [1.29, 1.82) is 0 Å². The summed E-state index contributed by atoms with van der Waals surface area (Å²) < 4.78 is 25.7. The molecule has 1 aromatic heterocycles. The van der Waals surface area contributed by atoms with Crippen molar-refractivity contribution in [3.8, 4) is 0 Å². The largest absolute Gasteiger partial charge is 0.466 e. The van der Waals surface area contributed by atoms with Gasteiger partial charge in [0.1, 0.15) is 0 Å². The van der Waals surface area contributed by atoms with Gasteiger partial charge in [0.05, 0.1) is 47.1 Å². The van der Waals surface area contributed by atoms with Crippen molar-refractivity contribution in [2.45, 2.75) is 76.0 Å². The highest BCUT2D eigenvalue weighted by Gasteiger charge is 2.56. The molecule has 1 aliphatic carbocycles. The van der Waals surface area contributed by atoms with E-state index in [4.69, 9.17) is 30.5 Å². The Morgan fingerprint density at radius 1 is 0.960 bits per heavy atom. The lowest BCUT2D eigenvalue weighted by Crippen LogP contribution is -2.67. The number of Topliss-reactive ketones (excluding diaryl/α,β-unsaturated/α-hetero) is 1. The SMILES string of the molecule is CCOC(=O)C1CCC(OC(C(=O)Cc2ccc(NC(=O)c3nn(C)c4ccccc34)c(Cl)c2)(N2CCCC2)N2C[C@H](OC)[C@H](OC)C2)CC1. The summed E-state index contributed by atoms with van der Waals surface area (Å²) in [4.78, 5) is 45.0. The van der Waals surface area contributed by atoms with Crippen LogP contribution in [0.15, 0.2) is 42.5 Å². The van der Waals surface area contributed by atoms with Gasteiger partial charge in [0, 0.05) is 59.3 Å². The van der Waals surface area contributed by atoms with Gasteiger partial charge in [-0.05, 0) is 69.2 Å². The molecule has 1 N–H and O–H groups in total. The highest BCUT2D eigenvalue weighted by molar-refractivity contribution is 6.34. The van der Waals surface area contributed by atoms with Crippen LogP contribution in [0.1, 0.15) is 61.5 Å². The zero-order chi connectivity index (χ0) is 35.4. The lowest BCUT2D eigenvalue weighted by molar-refractivity contribution is -0.254. The molecule has 2 aromatic carbocycles. The van der Waals surface area contributed by atoms with E-state index in [2.05, 4.69) is 20.2 Å². The summed E-state index contributed by atoms with van der Waals surface area (Å²) in [6, 6.07) is 12.8. The van der Waals surface area contributed by atoms with Crippen LogP contribution >= 0.6 is 11.6 Å². The molecule has 6 rings (SSSR count). The van der Waals surface area contributed by atoms with E-state index < -0.39 is 5.85 Å². The number of para-hydroxylation sites is 1. The number of aromatic nitrogens is 2. The number of likely N-dealkylation sites (tertiary alicyclic amines) is 2. The summed E-state index contributed by atoms with van der Waals surface area (Å²) in [7, 11) is 5.12. The molecule has 2 saturated heterocycles. The van der Waals surface area contributed by atoms with E-state index in [0.717, 1.165) is 23.7 Å². The third-order valence-electron chi connectivity index (χ3n) is 10.4. The molecule has 12 nitrogen and oxygen atoms in total. The minimum absolute atomic E-state index is 0.0549. The Balaban J connectivity index is 1.25. The van der Waals surface area contributed by atoms with Crippen molar-refractivity contribution < 1.29 is 33.3 Å². The van der Waals surface area contributed by atoms with E-state index in [1.807, 2.05) is 37.3 Å². The molecule has 3 aromatic rings. The second-order valence-electron chi connectivity index (χ2n) is 13.5. The summed E-state index contributed by atoms with van der Waals surface area (Å²) in [6.07, 6.45) is 3.86. The highest BCUT2D eigenvalue weighted by atomic mass is 35.5. The third-order valence-corrected chi connectivity index (χ3v) is 10.7. The molecular weight excluding hydrogens is 662 g/mol. The maximum Gasteiger partial charge on any atom is 0.308 e. The molecule has 0 radical (unpaired) electrons. The Hall–Kier alpha value is -3.39. The first kappa shape index (κ1) is 36.4. The summed E-state index contributed by atoms with van der Waals surface area (Å²) in [5, 5.41) is 8.37. The number of methoxy groups -OCH3 is 2. The van der Waals surface area contributed by atoms with Crippen molar-refractivity contribution in [3.63, 3.8) is 0 Å². The van der Waals surface area contributed by atoms with Gasteiger partial charge in [-0.2, -0.15) is 5.10 Å². The molecule has 3 fully saturated rings. The van der Waals surface area contributed by atoms with Crippen molar-refractivity contribution in [2.24, 2.45) is 13.0 Å². The van der Waals surface area contributed by atoms with Crippen LogP contribution in [0.4, 0.5) is 5.69 Å². The number of nitrogens with zero attached hydrogens (tertiary/aromatic N) is 4. The van der Waals surface area contributed by atoms with Crippen LogP contribution in [-0.4, -0.2) is 108 Å². The number of aryl methyl sites for hydroxylation is 1. The van der Waals surface area contributed by atoms with Gasteiger partial charge in [-0.25, -0.2) is 0 Å². The number of ketones is 1. The maximum absolute atomic E-state index is 14.9. The fourth-order valence-corrected chi connectivity index (χ4v) is 8.02. The average Bonchev–Trinajstić information content (AvgIpc) is 3.89. The number of rotatable bonds is 13. The summed E-state index contributed by atoms with van der Waals surface area (Å²) in [5.41, 5.74) is 2.27. The minimum atomic E-state index is -1.36. The molecule has 0 bridgehead atoms. The standard InChI is InChI=1S/C37H48ClN5O7/c1-5-49-36(46)25-13-15-26(16-14-25)50-37(42-18-8-9-19-42,43-22-31(47-3)32(23-43)48-4)33(44)21-24-12-17-29(28(38)20-24)39-35(45)34-27-10-6-7-11-30(27)41(2)40-34/h6-7,10-12,17,20,25-26,31-32H,5,8-9,13-16,18-19,21-23H2,1-4H3,(H,39,45)/t25?,26?,31-,32+,37?. The Morgan fingerprint density at radius 3 is 2.28 bits per heavy atom. The van der Waals surface area contributed by atoms with Crippen LogP contribution in [0.2, 0.25) is 5.02 Å². The van der Waals surface area contributed by atoms with Crippen molar-refractivity contribution in [1.82, 2.24) is 19.6 Å². The molecule has 13 heteroatoms. The quantitative estimate of drug-likeness (QED) is 0.247. The van der Waals surface area contributed by atoms with Crippen molar-refractivity contribution in [3.05, 3.63) is 58.7 Å². The predicted octanol–water partition coefficient (Wildman–Crippen LogP) is 4.82. The van der Waals surface area contributed by atoms with Crippen molar-refractivity contribution >= 4 is 45.9 Å². The second kappa shape index (κ2) is 15.9. The molecule has 3 heterocycles. The summed E-state index contributed by atoms with van der Waals surface area (Å²) >= 11 is 6.75. The number of ether oxygens (including phenoxy) is 4. The molecule has 3 aliphatic rings. The maximum atomic E-state index is 14.9. The van der Waals surface area contributed by atoms with E-state index in [-0.39, 0.29) is 48.3 Å². The van der Waals surface area contributed by atoms with E-state index in [1.165, 1.54) is 0 Å². The average molecular weight is 710 g/mol. The van der Waals surface area contributed by atoms with Gasteiger partial charge >= 0.3 is 5.97 Å². The number of carbonyl (C=O) groups excluding carboxylic acids is 3. The normalized spacial score (nSPS) is 24.3. The number of hydrogen-bond acceptors (Lipinski definition) is 10. The molecule has 270 valence electrons. The molecule has 0 spiro atoms. The minimum Gasteiger partial charge on any atom is -0.466 e. The number of anilines is 1. The number of hydrogen-bond donors (Lipinski definition) is 1. The van der Waals surface area contributed by atoms with E-state index >= 15 is 0 Å². The Labute approximate surface area is 298 Å². The van der Waals surface area contributed by atoms with Gasteiger partial charge in [-0.15, -0.1) is 0 Å². The first-order chi connectivity index (χ1) is 24.2. The van der Waals surface area contributed by atoms with Crippen LogP contribution in [-0.2, 0) is 42.0 Å². The molecule has 1 unspecified atom stereocenters. The first-order valence-electron chi connectivity index (χ1n) is 17.6. The Kier molecular flexibility index (Phi) is 11.6. The van der Waals surface area contributed by atoms with Crippen LogP contribution in [0.5, 0.6) is 0 Å². The van der Waals surface area contributed by atoms with E-state index in [1.54, 1.807) is 38.1 Å². The topological polar surface area (TPSA) is 124 Å². The highest BCUT2D eigenvalue weighted by Crippen LogP contribution is 2.38. The Morgan fingerprint density at radius 2 is 1.64 bits per heavy atom. The smallest absolute Gasteiger partial charge is 0.308 e. The molecule has 50 heavy (non-hydrogen) atoms. The summed E-state index contributed by atoms with van der Waals surface area (Å²) in [6.45, 7) is 4.52. The molecular formula is C37H48ClN5O7. The van der Waals surface area contributed by atoms with Gasteiger partial charge in [0.15, 0.2) is 11.5 Å². The van der Waals surface area contributed by atoms with Gasteiger partial charge < -0.3 is 24.3 Å². The van der Waals surface area contributed by atoms with Crippen LogP contribution in [0.3, 0.4) is 0 Å². The third kappa shape index (κ3) is 7.33. The molecule has 1 amide bonds. The van der Waals surface area contributed by atoms with Gasteiger partial charge in [-0.1, -0.05) is 35.9 Å². The number of nitrogens with one attached hydrogen (secondary N) is 1. The van der Waals surface area contributed by atoms with Crippen LogP contribution < -0.4 is 5.32 Å². The zero-order valence-electron chi connectivity index (χ0n) is 29.4. The van der Waals surface area contributed by atoms with Gasteiger partial charge in [0.25, 0.3) is 5.91 Å². The number of amides is 1. The zero-order valence-corrected chi connectivity index (χ0v) is 30.1. The summed E-state index contributed by atoms with van der Waals surface area (Å²) in [5.74, 6) is -2.16. The van der Waals surface area contributed by atoms with Crippen molar-refractivity contribution in [2.75, 3.05) is 52.3 Å². The van der Waals surface area contributed by atoms with E-state index in [0.29, 0.717) is 80.4 Å². The number of benzene rings is 2. The number of carbonyl (C=O) groups is 3. The monoisotopic (exact) mass is 709 g/mol. The molecule has 1 saturated carbocycles. The van der Waals surface area contributed by atoms with E-state index in [9.17, 15) is 14.4 Å².